The third-order valence-corrected chi connectivity index (χ3v) is 16.0. The summed E-state index contributed by atoms with van der Waals surface area (Å²) in [6.45, 7) is 1.35. The molecule has 8 heteroatoms. The van der Waals surface area contributed by atoms with E-state index in [-0.39, 0.29) is 12.5 Å². The van der Waals surface area contributed by atoms with Crippen molar-refractivity contribution in [2.45, 2.75) is 16.9 Å². The molecular weight excluding hydrogens is 686 g/mol. The Morgan fingerprint density at radius 2 is 0.942 bits per heavy atom. The molecule has 1 amide bonds. The van der Waals surface area contributed by atoms with Crippen molar-refractivity contribution in [3.8, 4) is 0 Å². The van der Waals surface area contributed by atoms with Crippen LogP contribution in [-0.2, 0) is 28.2 Å². The van der Waals surface area contributed by atoms with Crippen molar-refractivity contribution in [1.29, 1.82) is 0 Å². The van der Waals surface area contributed by atoms with Crippen molar-refractivity contribution in [2.75, 3.05) is 13.1 Å². The van der Waals surface area contributed by atoms with Crippen LogP contribution in [0.3, 0.4) is 0 Å². The van der Waals surface area contributed by atoms with E-state index in [0.29, 0.717) is 22.5 Å². The molecule has 0 radical (unpaired) electrons. The van der Waals surface area contributed by atoms with Gasteiger partial charge in [-0.3, -0.25) is 0 Å². The van der Waals surface area contributed by atoms with Crippen LogP contribution in [0.15, 0.2) is 182 Å². The fourth-order valence-electron chi connectivity index (χ4n) is 7.13. The molecule has 7 rings (SSSR count). The van der Waals surface area contributed by atoms with Crippen molar-refractivity contribution in [3.63, 3.8) is 0 Å². The minimum atomic E-state index is -4.74. The van der Waals surface area contributed by atoms with Crippen LogP contribution in [0.1, 0.15) is 23.6 Å². The van der Waals surface area contributed by atoms with Crippen LogP contribution in [0.4, 0.5) is 0 Å². The number of amides is 1. The fourth-order valence-corrected chi connectivity index (χ4v) is 13.5. The van der Waals surface area contributed by atoms with Gasteiger partial charge in [-0.05, 0) is 0 Å². The molecule has 6 aromatic rings. The summed E-state index contributed by atoms with van der Waals surface area (Å²) in [5, 5.41) is 1.22. The maximum absolute atomic E-state index is 14.4. The number of β-lactam (4-membered cyclic amide) rings is 1. The van der Waals surface area contributed by atoms with Crippen LogP contribution in [-0.4, -0.2) is 41.1 Å². The van der Waals surface area contributed by atoms with E-state index < -0.39 is 29.0 Å². The first-order valence-electron chi connectivity index (χ1n) is 17.1. The Morgan fingerprint density at radius 3 is 1.27 bits per heavy atom. The molecule has 6 aromatic carbocycles. The summed E-state index contributed by atoms with van der Waals surface area (Å²) >= 11 is 1.58. The molecule has 52 heavy (non-hydrogen) atoms. The van der Waals surface area contributed by atoms with Crippen LogP contribution in [0, 0.1) is 0 Å². The Morgan fingerprint density at radius 1 is 0.596 bits per heavy atom. The van der Waals surface area contributed by atoms with Gasteiger partial charge in [0, 0.05) is 0 Å². The number of hydrogen-bond acceptors (Lipinski definition) is 6. The summed E-state index contributed by atoms with van der Waals surface area (Å²) in [5.41, 5.74) is 3.15. The molecule has 1 aliphatic rings. The molecule has 1 atom stereocenters. The molecule has 1 saturated heterocycles. The summed E-state index contributed by atoms with van der Waals surface area (Å²) in [6.07, 6.45) is 0. The first kappa shape index (κ1) is 34.9. The predicted molar refractivity (Wildman–Crippen MR) is 210 cm³/mol. The summed E-state index contributed by atoms with van der Waals surface area (Å²) in [5.74, 6) is -1.44. The second kappa shape index (κ2) is 14.6. The number of rotatable bonds is 12. The van der Waals surface area contributed by atoms with E-state index in [4.69, 9.17) is 9.05 Å². The fraction of sp³-hybridized carbons (Fsp3) is 0.114. The summed E-state index contributed by atoms with van der Waals surface area (Å²) in [4.78, 5) is 43.2. The number of carbonyl (C=O) groups is 3. The molecule has 0 saturated carbocycles. The second-order valence-electron chi connectivity index (χ2n) is 12.6. The van der Waals surface area contributed by atoms with Gasteiger partial charge in [0.15, 0.2) is 0 Å². The SMILES string of the molecule is CC(=O)OP(OC(=O)CN1CC(SC(c2ccccc2)(c2ccccc2)c2ccccc2)C1=O)(c1ccccc1)(c1ccccc1)c1ccccc1. The van der Waals surface area contributed by atoms with Crippen LogP contribution >= 0.6 is 18.8 Å². The standard InChI is InChI=1S/C44H38NO5PS/c1-34(46)49-51(38-26-14-5-15-27-38,39-28-16-6-17-29-39,40-30-18-7-19-31-40)50-42(47)33-45-32-41(43(45)48)52-44(35-20-8-2-9-21-35,36-22-10-3-11-23-36)37-24-12-4-13-25-37/h2-31,41H,32-33H2,1H3. The van der Waals surface area contributed by atoms with Gasteiger partial charge in [0.2, 0.25) is 0 Å². The number of benzene rings is 6. The van der Waals surface area contributed by atoms with Crippen molar-refractivity contribution in [2.24, 2.45) is 0 Å². The molecule has 1 aliphatic heterocycles. The summed E-state index contributed by atoms with van der Waals surface area (Å²) in [7, 11) is -4.74. The number of hydrogen-bond donors (Lipinski definition) is 0. The molecule has 1 heterocycles. The maximum atomic E-state index is 14.4. The minimum absolute atomic E-state index is 0.166. The van der Waals surface area contributed by atoms with Crippen molar-refractivity contribution < 1.29 is 23.4 Å². The van der Waals surface area contributed by atoms with Gasteiger partial charge < -0.3 is 0 Å². The number of thioether (sulfide) groups is 1. The van der Waals surface area contributed by atoms with Crippen LogP contribution in [0.2, 0.25) is 0 Å². The average Bonchev–Trinajstić information content (AvgIpc) is 3.20. The Hall–Kier alpha value is -5.49. The van der Waals surface area contributed by atoms with Gasteiger partial charge in [-0.15, -0.1) is 0 Å². The van der Waals surface area contributed by atoms with E-state index in [2.05, 4.69) is 36.4 Å². The van der Waals surface area contributed by atoms with E-state index >= 15 is 0 Å². The summed E-state index contributed by atoms with van der Waals surface area (Å²) in [6, 6.07) is 58.2. The van der Waals surface area contributed by atoms with Crippen molar-refractivity contribution in [3.05, 3.63) is 199 Å². The number of likely N-dealkylation sites (tertiary alicyclic amines) is 1. The Balaban J connectivity index is 1.24. The van der Waals surface area contributed by atoms with Gasteiger partial charge in [0.1, 0.15) is 0 Å². The Bertz CT molecular complexity index is 1960. The molecule has 260 valence electrons. The summed E-state index contributed by atoms with van der Waals surface area (Å²) < 4.78 is 12.5. The second-order valence-corrected chi connectivity index (χ2v) is 17.9. The molecule has 0 aromatic heterocycles. The average molecular weight is 724 g/mol. The van der Waals surface area contributed by atoms with Crippen molar-refractivity contribution >= 4 is 52.6 Å². The van der Waals surface area contributed by atoms with E-state index in [1.54, 1.807) is 11.8 Å². The molecule has 0 aliphatic carbocycles. The van der Waals surface area contributed by atoms with Crippen LogP contribution < -0.4 is 15.9 Å². The molecule has 0 bridgehead atoms. The Kier molecular flexibility index (Phi) is 9.83. The normalized spacial score (nSPS) is 15.1. The van der Waals surface area contributed by atoms with E-state index in [1.807, 2.05) is 146 Å². The third kappa shape index (κ3) is 6.10. The first-order chi connectivity index (χ1) is 25.4. The van der Waals surface area contributed by atoms with Crippen LogP contribution in [0.5, 0.6) is 0 Å². The van der Waals surface area contributed by atoms with Gasteiger partial charge in [0.25, 0.3) is 0 Å². The number of carbonyl (C=O) groups excluding carboxylic acids is 3. The van der Waals surface area contributed by atoms with Gasteiger partial charge in [0.05, 0.1) is 0 Å². The zero-order valence-electron chi connectivity index (χ0n) is 28.7. The zero-order valence-corrected chi connectivity index (χ0v) is 30.4. The molecule has 1 unspecified atom stereocenters. The van der Waals surface area contributed by atoms with E-state index in [1.165, 1.54) is 11.8 Å². The number of nitrogens with zero attached hydrogens (tertiary/aromatic N) is 1. The van der Waals surface area contributed by atoms with Gasteiger partial charge in [-0.25, -0.2) is 0 Å². The Labute approximate surface area is 308 Å². The molecule has 0 N–H and O–H groups in total. The zero-order chi connectivity index (χ0) is 36.0. The predicted octanol–water partition coefficient (Wildman–Crippen LogP) is 7.39. The van der Waals surface area contributed by atoms with E-state index in [9.17, 15) is 14.4 Å². The molecular formula is C44H38NO5PS. The van der Waals surface area contributed by atoms with E-state index in [0.717, 1.165) is 16.7 Å². The quantitative estimate of drug-likeness (QED) is 0.0746. The molecule has 0 spiro atoms. The van der Waals surface area contributed by atoms with Crippen molar-refractivity contribution in [1.82, 2.24) is 4.90 Å². The molecule has 6 nitrogen and oxygen atoms in total. The first-order valence-corrected chi connectivity index (χ1v) is 20.1. The van der Waals surface area contributed by atoms with Gasteiger partial charge in [-0.1, -0.05) is 0 Å². The topological polar surface area (TPSA) is 72.9 Å². The van der Waals surface area contributed by atoms with Gasteiger partial charge >= 0.3 is 310 Å². The third-order valence-electron chi connectivity index (χ3n) is 9.41. The monoisotopic (exact) mass is 723 g/mol. The van der Waals surface area contributed by atoms with Crippen LogP contribution in [0.25, 0.3) is 0 Å². The molecule has 1 fully saturated rings. The van der Waals surface area contributed by atoms with Gasteiger partial charge in [-0.2, -0.15) is 0 Å².